The number of ketones is 1. The lowest BCUT2D eigenvalue weighted by molar-refractivity contribution is 0.0982. The number of para-hydroxylation sites is 1. The Balaban J connectivity index is 2.12. The predicted octanol–water partition coefficient (Wildman–Crippen LogP) is 6.32. The minimum atomic E-state index is 0.0999. The minimum absolute atomic E-state index is 0.0999. The maximum Gasteiger partial charge on any atom is 0.166 e. The second-order valence-corrected chi connectivity index (χ2v) is 8.14. The smallest absolute Gasteiger partial charge is 0.166 e. The molecule has 0 spiro atoms. The summed E-state index contributed by atoms with van der Waals surface area (Å²) in [6, 6.07) is 12.2. The Morgan fingerprint density at radius 2 is 2.03 bits per heavy atom. The maximum atomic E-state index is 12.8. The number of ether oxygens (including phenoxy) is 1. The van der Waals surface area contributed by atoms with Crippen molar-refractivity contribution in [3.63, 3.8) is 0 Å². The van der Waals surface area contributed by atoms with Gasteiger partial charge in [0.15, 0.2) is 5.78 Å². The van der Waals surface area contributed by atoms with Crippen LogP contribution in [0.4, 0.5) is 11.4 Å². The van der Waals surface area contributed by atoms with E-state index in [9.17, 15) is 4.79 Å². The van der Waals surface area contributed by atoms with Gasteiger partial charge in [0.05, 0.1) is 17.9 Å². The van der Waals surface area contributed by atoms with Crippen LogP contribution < -0.4 is 10.1 Å². The summed E-state index contributed by atoms with van der Waals surface area (Å²) in [7, 11) is 0. The van der Waals surface area contributed by atoms with Gasteiger partial charge < -0.3 is 10.1 Å². The number of anilines is 2. The molecular formula is C24H28N2O2S. The first kappa shape index (κ1) is 21.2. The van der Waals surface area contributed by atoms with Gasteiger partial charge in [-0.1, -0.05) is 36.8 Å². The number of aromatic nitrogens is 1. The molecule has 4 nitrogen and oxygen atoms in total. The number of benzene rings is 2. The number of pyridine rings is 1. The van der Waals surface area contributed by atoms with E-state index >= 15 is 0 Å². The monoisotopic (exact) mass is 408 g/mol. The fourth-order valence-corrected chi connectivity index (χ4v) is 3.59. The summed E-state index contributed by atoms with van der Waals surface area (Å²) in [4.78, 5) is 17.4. The quantitative estimate of drug-likeness (QED) is 0.332. The molecule has 0 atom stereocenters. The van der Waals surface area contributed by atoms with Crippen molar-refractivity contribution in [1.82, 2.24) is 4.98 Å². The average molecular weight is 409 g/mol. The molecule has 2 aromatic carbocycles. The van der Waals surface area contributed by atoms with Crippen molar-refractivity contribution < 1.29 is 9.53 Å². The van der Waals surface area contributed by atoms with Gasteiger partial charge in [-0.05, 0) is 44.2 Å². The number of carbonyl (C=O) groups is 1. The Kier molecular flexibility index (Phi) is 7.15. The van der Waals surface area contributed by atoms with Crippen LogP contribution in [0.15, 0.2) is 42.6 Å². The zero-order valence-corrected chi connectivity index (χ0v) is 18.4. The van der Waals surface area contributed by atoms with E-state index in [4.69, 9.17) is 4.74 Å². The van der Waals surface area contributed by atoms with Gasteiger partial charge in [0.25, 0.3) is 0 Å². The van der Waals surface area contributed by atoms with Gasteiger partial charge in [-0.15, -0.1) is 0 Å². The lowest BCUT2D eigenvalue weighted by Gasteiger charge is -2.17. The normalized spacial score (nSPS) is 10.9. The van der Waals surface area contributed by atoms with Crippen molar-refractivity contribution in [2.75, 3.05) is 23.9 Å². The van der Waals surface area contributed by atoms with Crippen molar-refractivity contribution in [3.05, 3.63) is 59.3 Å². The van der Waals surface area contributed by atoms with E-state index in [1.807, 2.05) is 25.1 Å². The Morgan fingerprint density at radius 1 is 1.21 bits per heavy atom. The molecule has 0 saturated carbocycles. The number of carbonyl (C=O) groups excluding carboxylic acids is 1. The number of rotatable bonds is 9. The number of thioether (sulfide) groups is 1. The minimum Gasteiger partial charge on any atom is -0.490 e. The highest BCUT2D eigenvalue weighted by Gasteiger charge is 2.18. The van der Waals surface area contributed by atoms with E-state index in [1.165, 1.54) is 5.56 Å². The summed E-state index contributed by atoms with van der Waals surface area (Å²) >= 11 is 1.74. The molecule has 0 amide bonds. The van der Waals surface area contributed by atoms with E-state index in [0.29, 0.717) is 18.6 Å². The fourth-order valence-electron chi connectivity index (χ4n) is 3.34. The van der Waals surface area contributed by atoms with E-state index in [1.54, 1.807) is 18.0 Å². The molecule has 0 aliphatic rings. The molecule has 3 aromatic rings. The van der Waals surface area contributed by atoms with Crippen molar-refractivity contribution in [3.8, 4) is 5.75 Å². The van der Waals surface area contributed by atoms with E-state index in [2.05, 4.69) is 48.6 Å². The van der Waals surface area contributed by atoms with E-state index < -0.39 is 0 Å². The molecule has 0 aliphatic heterocycles. The van der Waals surface area contributed by atoms with Gasteiger partial charge >= 0.3 is 0 Å². The van der Waals surface area contributed by atoms with Gasteiger partial charge in [0.1, 0.15) is 11.3 Å². The molecule has 0 fully saturated rings. The number of nitrogens with one attached hydrogen (secondary N) is 1. The van der Waals surface area contributed by atoms with Gasteiger partial charge in [0, 0.05) is 29.4 Å². The second kappa shape index (κ2) is 9.79. The fraction of sp³-hybridized carbons (Fsp3) is 0.333. The Hall–Kier alpha value is -2.53. The van der Waals surface area contributed by atoms with Crippen LogP contribution in [0.5, 0.6) is 5.75 Å². The molecule has 0 unspecified atom stereocenters. The molecule has 0 aliphatic carbocycles. The third kappa shape index (κ3) is 4.91. The Bertz CT molecular complexity index is 1020. The third-order valence-corrected chi connectivity index (χ3v) is 5.40. The molecular weight excluding hydrogens is 380 g/mol. The van der Waals surface area contributed by atoms with Crippen molar-refractivity contribution in [1.29, 1.82) is 0 Å². The number of hydrogen-bond acceptors (Lipinski definition) is 5. The summed E-state index contributed by atoms with van der Waals surface area (Å²) in [6.45, 7) is 6.79. The van der Waals surface area contributed by atoms with Crippen LogP contribution in [-0.4, -0.2) is 29.4 Å². The molecule has 0 saturated heterocycles. The lowest BCUT2D eigenvalue weighted by atomic mass is 10.0. The van der Waals surface area contributed by atoms with Gasteiger partial charge in [-0.3, -0.25) is 9.78 Å². The summed E-state index contributed by atoms with van der Waals surface area (Å²) in [5, 5.41) is 4.42. The first-order valence-electron chi connectivity index (χ1n) is 9.96. The van der Waals surface area contributed by atoms with Crippen LogP contribution in [-0.2, 0) is 0 Å². The number of nitrogens with zero attached hydrogens (tertiary/aromatic N) is 1. The number of hydrogen-bond donors (Lipinski definition) is 1. The molecule has 5 heteroatoms. The molecule has 1 N–H and O–H groups in total. The molecule has 152 valence electrons. The van der Waals surface area contributed by atoms with Crippen LogP contribution in [0.3, 0.4) is 0 Å². The second-order valence-electron chi connectivity index (χ2n) is 7.16. The van der Waals surface area contributed by atoms with Crippen LogP contribution in [0.2, 0.25) is 0 Å². The standard InChI is InChI=1S/C24H28N2O2S/c1-5-7-21(27)19-15-25-24-18(8-6-9-22(24)28-12-13-29-4)23(19)26-20-11-10-16(2)14-17(20)3/h6,8-11,14-15H,5,7,12-13H2,1-4H3,(H,25,26). The van der Waals surface area contributed by atoms with Crippen molar-refractivity contribution >= 4 is 39.8 Å². The van der Waals surface area contributed by atoms with Crippen LogP contribution in [0.1, 0.15) is 41.3 Å². The molecule has 1 aromatic heterocycles. The molecule has 3 rings (SSSR count). The van der Waals surface area contributed by atoms with Crippen molar-refractivity contribution in [2.45, 2.75) is 33.6 Å². The summed E-state index contributed by atoms with van der Waals surface area (Å²) < 4.78 is 5.96. The number of aryl methyl sites for hydroxylation is 2. The molecule has 0 radical (unpaired) electrons. The summed E-state index contributed by atoms with van der Waals surface area (Å²) in [6.07, 6.45) is 5.05. The zero-order chi connectivity index (χ0) is 20.8. The summed E-state index contributed by atoms with van der Waals surface area (Å²) in [5.41, 5.74) is 5.53. The Labute approximate surface area is 177 Å². The molecule has 1 heterocycles. The first-order chi connectivity index (χ1) is 14.0. The Morgan fingerprint density at radius 3 is 2.76 bits per heavy atom. The highest BCUT2D eigenvalue weighted by atomic mass is 32.2. The predicted molar refractivity (Wildman–Crippen MR) is 124 cm³/mol. The largest absolute Gasteiger partial charge is 0.490 e. The van der Waals surface area contributed by atoms with Gasteiger partial charge in [-0.2, -0.15) is 11.8 Å². The average Bonchev–Trinajstić information content (AvgIpc) is 2.70. The SMILES string of the molecule is CCCC(=O)c1cnc2c(OCCSC)cccc2c1Nc1ccc(C)cc1C. The van der Waals surface area contributed by atoms with Gasteiger partial charge in [0.2, 0.25) is 0 Å². The molecule has 0 bridgehead atoms. The topological polar surface area (TPSA) is 51.2 Å². The van der Waals surface area contributed by atoms with Crippen LogP contribution in [0.25, 0.3) is 10.9 Å². The summed E-state index contributed by atoms with van der Waals surface area (Å²) in [5.74, 6) is 1.76. The first-order valence-corrected chi connectivity index (χ1v) is 11.4. The maximum absolute atomic E-state index is 12.8. The highest BCUT2D eigenvalue weighted by Crippen LogP contribution is 2.35. The number of Topliss-reactive ketones (excluding diaryl/α,β-unsaturated/α-hetero) is 1. The van der Waals surface area contributed by atoms with E-state index in [-0.39, 0.29) is 5.78 Å². The van der Waals surface area contributed by atoms with E-state index in [0.717, 1.165) is 45.8 Å². The van der Waals surface area contributed by atoms with Crippen LogP contribution >= 0.6 is 11.8 Å². The zero-order valence-electron chi connectivity index (χ0n) is 17.5. The lowest BCUT2D eigenvalue weighted by Crippen LogP contribution is -2.07. The number of fused-ring (bicyclic) bond motifs is 1. The van der Waals surface area contributed by atoms with Gasteiger partial charge in [-0.25, -0.2) is 0 Å². The van der Waals surface area contributed by atoms with Crippen molar-refractivity contribution in [2.24, 2.45) is 0 Å². The molecule has 29 heavy (non-hydrogen) atoms. The third-order valence-electron chi connectivity index (χ3n) is 4.82. The van der Waals surface area contributed by atoms with Crippen LogP contribution in [0, 0.1) is 13.8 Å². The highest BCUT2D eigenvalue weighted by molar-refractivity contribution is 7.98.